The summed E-state index contributed by atoms with van der Waals surface area (Å²) in [5, 5.41) is 3.30. The zero-order valence-electron chi connectivity index (χ0n) is 9.84. The normalized spacial score (nSPS) is 10.6. The molecule has 1 atom stereocenters. The largest absolute Gasteiger partial charge is 1.00 e. The summed E-state index contributed by atoms with van der Waals surface area (Å²) < 4.78 is 2.92. The van der Waals surface area contributed by atoms with Crippen LogP contribution in [0, 0.1) is 0 Å². The molecule has 1 unspecified atom stereocenters. The van der Waals surface area contributed by atoms with Crippen LogP contribution in [0.15, 0.2) is 30.3 Å². The molecule has 0 saturated carbocycles. The molecular formula is C12H19Cl2NSn. The van der Waals surface area contributed by atoms with Crippen molar-refractivity contribution in [3.63, 3.8) is 0 Å². The molecule has 0 aliphatic rings. The van der Waals surface area contributed by atoms with E-state index in [1.54, 1.807) is 0 Å². The third-order valence-electron chi connectivity index (χ3n) is 2.36. The first-order valence-corrected chi connectivity index (χ1v) is 9.32. The number of hydrogen-bond acceptors (Lipinski definition) is 1. The van der Waals surface area contributed by atoms with Crippen LogP contribution >= 0.6 is 0 Å². The minimum absolute atomic E-state index is 0. The average Bonchev–Trinajstić information content (AvgIpc) is 2.25. The second-order valence-corrected chi connectivity index (χ2v) is 8.08. The molecule has 1 N–H and O–H groups in total. The van der Waals surface area contributed by atoms with Crippen LogP contribution in [-0.2, 0) is 0 Å². The van der Waals surface area contributed by atoms with Gasteiger partial charge in [0.05, 0.1) is 0 Å². The summed E-state index contributed by atoms with van der Waals surface area (Å²) in [6.45, 7) is 3.46. The van der Waals surface area contributed by atoms with E-state index in [1.807, 2.05) is 7.05 Å². The van der Waals surface area contributed by atoms with E-state index in [4.69, 9.17) is 0 Å². The molecule has 0 aromatic heterocycles. The molecule has 1 aromatic rings. The van der Waals surface area contributed by atoms with E-state index in [-0.39, 0.29) is 46.0 Å². The van der Waals surface area contributed by atoms with Gasteiger partial charge in [0.15, 0.2) is 0 Å². The first-order chi connectivity index (χ1) is 6.88. The third-order valence-corrected chi connectivity index (χ3v) is 6.02. The van der Waals surface area contributed by atoms with Crippen molar-refractivity contribution in [3.8, 4) is 0 Å². The second-order valence-electron chi connectivity index (χ2n) is 3.47. The van der Waals surface area contributed by atoms with Gasteiger partial charge in [-0.05, 0) is 0 Å². The molecule has 0 amide bonds. The van der Waals surface area contributed by atoms with Crippen LogP contribution in [0.25, 0.3) is 0 Å². The summed E-state index contributed by atoms with van der Waals surface area (Å²) in [6.07, 6.45) is 0. The molecule has 1 nitrogen and oxygen atoms in total. The Morgan fingerprint density at radius 3 is 2.31 bits per heavy atom. The molecule has 1 rings (SSSR count). The summed E-state index contributed by atoms with van der Waals surface area (Å²) in [4.78, 5) is 0. The van der Waals surface area contributed by atoms with Crippen LogP contribution in [0.3, 0.4) is 0 Å². The standard InChI is InChI=1S/C10H14N.C2H5.2ClH.Sn/c1-9(8-11-2)10-6-4-3-5-7-10;1-2;;;/h3-7,9,11H,1,8H2,2H3;1H2,2H3;2*1H;/q;;;;+2/p-2. The van der Waals surface area contributed by atoms with Gasteiger partial charge in [-0.3, -0.25) is 0 Å². The topological polar surface area (TPSA) is 12.0 Å². The van der Waals surface area contributed by atoms with E-state index in [1.165, 1.54) is 14.4 Å². The minimum Gasteiger partial charge on any atom is -1.00 e. The zero-order chi connectivity index (χ0) is 10.2. The smallest absolute Gasteiger partial charge is 1.00 e. The Morgan fingerprint density at radius 2 is 1.81 bits per heavy atom. The molecule has 0 radical (unpaired) electrons. The van der Waals surface area contributed by atoms with Crippen molar-refractivity contribution < 1.29 is 24.8 Å². The Labute approximate surface area is 122 Å². The number of likely N-dealkylation sites (N-methyl/N-ethyl adjacent to an activating group) is 1. The van der Waals surface area contributed by atoms with Gasteiger partial charge in [-0.1, -0.05) is 0 Å². The molecule has 0 fully saturated rings. The van der Waals surface area contributed by atoms with E-state index in [2.05, 4.69) is 42.6 Å². The van der Waals surface area contributed by atoms with E-state index in [0.29, 0.717) is 0 Å². The summed E-state index contributed by atoms with van der Waals surface area (Å²) in [6, 6.07) is 10.9. The maximum absolute atomic E-state index is 3.30. The molecule has 1 aromatic carbocycles. The summed E-state index contributed by atoms with van der Waals surface area (Å²) in [5.74, 6) is 0.757. The number of halogens is 2. The van der Waals surface area contributed by atoms with E-state index < -0.39 is 0 Å². The second kappa shape index (κ2) is 12.0. The first-order valence-electron chi connectivity index (χ1n) is 5.28. The van der Waals surface area contributed by atoms with Gasteiger partial charge in [0, 0.05) is 0 Å². The molecular weight excluding hydrogens is 348 g/mol. The van der Waals surface area contributed by atoms with Crippen molar-refractivity contribution in [2.45, 2.75) is 21.7 Å². The maximum atomic E-state index is 3.30. The molecule has 0 saturated heterocycles. The molecule has 0 bridgehead atoms. The van der Waals surface area contributed by atoms with E-state index in [0.717, 1.165) is 12.5 Å². The monoisotopic (exact) mass is 367 g/mol. The Bertz CT molecular complexity index is 244. The SMILES string of the molecule is C[CH2][Sn+2][CH2]C(CNC)c1ccccc1.[Cl-].[Cl-]. The fourth-order valence-electron chi connectivity index (χ4n) is 1.60. The molecule has 90 valence electrons. The van der Waals surface area contributed by atoms with Crippen LogP contribution < -0.4 is 30.1 Å². The molecule has 0 heterocycles. The van der Waals surface area contributed by atoms with Crippen LogP contribution in [-0.4, -0.2) is 34.7 Å². The van der Waals surface area contributed by atoms with Gasteiger partial charge in [0.1, 0.15) is 0 Å². The predicted octanol–water partition coefficient (Wildman–Crippen LogP) is -3.44. The van der Waals surface area contributed by atoms with Crippen molar-refractivity contribution in [3.05, 3.63) is 35.9 Å². The third kappa shape index (κ3) is 7.00. The quantitative estimate of drug-likeness (QED) is 0.517. The Balaban J connectivity index is 0. The van der Waals surface area contributed by atoms with Gasteiger partial charge in [-0.2, -0.15) is 0 Å². The van der Waals surface area contributed by atoms with Crippen LogP contribution in [0.5, 0.6) is 0 Å². The van der Waals surface area contributed by atoms with E-state index >= 15 is 0 Å². The fraction of sp³-hybridized carbons (Fsp3) is 0.500. The van der Waals surface area contributed by atoms with Crippen molar-refractivity contribution in [1.82, 2.24) is 5.32 Å². The van der Waals surface area contributed by atoms with Crippen molar-refractivity contribution in [2.75, 3.05) is 13.6 Å². The van der Waals surface area contributed by atoms with Gasteiger partial charge < -0.3 is 24.8 Å². The van der Waals surface area contributed by atoms with E-state index in [9.17, 15) is 0 Å². The van der Waals surface area contributed by atoms with Crippen molar-refractivity contribution in [1.29, 1.82) is 0 Å². The molecule has 0 aliphatic heterocycles. The van der Waals surface area contributed by atoms with Crippen LogP contribution in [0.4, 0.5) is 0 Å². The van der Waals surface area contributed by atoms with Crippen LogP contribution in [0.1, 0.15) is 18.4 Å². The predicted molar refractivity (Wildman–Crippen MR) is 64.2 cm³/mol. The molecule has 4 heteroatoms. The summed E-state index contributed by atoms with van der Waals surface area (Å²) in [5.41, 5.74) is 1.51. The van der Waals surface area contributed by atoms with Crippen molar-refractivity contribution in [2.24, 2.45) is 0 Å². The Hall–Kier alpha value is 0.559. The summed E-state index contributed by atoms with van der Waals surface area (Å²) >= 11 is -0.0876. The van der Waals surface area contributed by atoms with Crippen LogP contribution in [0.2, 0.25) is 8.87 Å². The number of hydrogen-bond donors (Lipinski definition) is 1. The average molecular weight is 367 g/mol. The Morgan fingerprint density at radius 1 is 1.19 bits per heavy atom. The number of rotatable bonds is 6. The molecule has 16 heavy (non-hydrogen) atoms. The van der Waals surface area contributed by atoms with Gasteiger partial charge in [-0.25, -0.2) is 0 Å². The van der Waals surface area contributed by atoms with Gasteiger partial charge in [0.2, 0.25) is 0 Å². The van der Waals surface area contributed by atoms with Crippen molar-refractivity contribution >= 4 is 21.1 Å². The van der Waals surface area contributed by atoms with Gasteiger partial charge >= 0.3 is 97.7 Å². The minimum atomic E-state index is -0.0876. The first kappa shape index (κ1) is 18.9. The molecule has 0 aliphatic carbocycles. The Kier molecular flexibility index (Phi) is 14.2. The number of benzene rings is 1. The molecule has 0 spiro atoms. The number of nitrogens with one attached hydrogen (secondary N) is 1. The summed E-state index contributed by atoms with van der Waals surface area (Å²) in [7, 11) is 2.05. The maximum Gasteiger partial charge on any atom is -1.00 e. The van der Waals surface area contributed by atoms with Gasteiger partial charge in [-0.15, -0.1) is 0 Å². The van der Waals surface area contributed by atoms with Gasteiger partial charge in [0.25, 0.3) is 0 Å². The fourth-order valence-corrected chi connectivity index (χ4v) is 4.50. The zero-order valence-corrected chi connectivity index (χ0v) is 14.2.